The number of rotatable bonds is 4. The number of furan rings is 1. The SMILES string of the molecule is CNC(c1cc(F)ccc1OC)c1occc1C. The van der Waals surface area contributed by atoms with E-state index >= 15 is 0 Å². The van der Waals surface area contributed by atoms with E-state index in [1.54, 1.807) is 26.5 Å². The molecular weight excluding hydrogens is 233 g/mol. The van der Waals surface area contributed by atoms with Gasteiger partial charge >= 0.3 is 0 Å². The molecule has 0 radical (unpaired) electrons. The van der Waals surface area contributed by atoms with Crippen molar-refractivity contribution < 1.29 is 13.5 Å². The van der Waals surface area contributed by atoms with Gasteiger partial charge in [0.25, 0.3) is 0 Å². The summed E-state index contributed by atoms with van der Waals surface area (Å²) in [7, 11) is 3.37. The standard InChI is InChI=1S/C14H16FNO2/c1-9-6-7-18-14(9)13(16-2)11-8-10(15)4-5-12(11)17-3/h4-8,13,16H,1-3H3. The van der Waals surface area contributed by atoms with Crippen LogP contribution in [-0.4, -0.2) is 14.2 Å². The Morgan fingerprint density at radius 1 is 1.33 bits per heavy atom. The van der Waals surface area contributed by atoms with E-state index in [2.05, 4.69) is 5.32 Å². The zero-order valence-corrected chi connectivity index (χ0v) is 10.7. The Bertz CT molecular complexity index is 536. The molecule has 2 rings (SSSR count). The highest BCUT2D eigenvalue weighted by Crippen LogP contribution is 2.32. The predicted molar refractivity (Wildman–Crippen MR) is 67.3 cm³/mol. The van der Waals surface area contributed by atoms with E-state index in [-0.39, 0.29) is 11.9 Å². The second-order valence-electron chi connectivity index (χ2n) is 4.08. The highest BCUT2D eigenvalue weighted by Gasteiger charge is 2.21. The number of methoxy groups -OCH3 is 1. The summed E-state index contributed by atoms with van der Waals surface area (Å²) >= 11 is 0. The number of ether oxygens (including phenoxy) is 1. The molecule has 0 spiro atoms. The minimum absolute atomic E-state index is 0.231. The Labute approximate surface area is 106 Å². The Hall–Kier alpha value is -1.81. The lowest BCUT2D eigenvalue weighted by molar-refractivity contribution is 0.394. The van der Waals surface area contributed by atoms with Gasteiger partial charge in [0.05, 0.1) is 19.4 Å². The van der Waals surface area contributed by atoms with Crippen LogP contribution in [0.1, 0.15) is 22.9 Å². The molecule has 0 fully saturated rings. The summed E-state index contributed by atoms with van der Waals surface area (Å²) in [5, 5.41) is 3.12. The first-order valence-corrected chi connectivity index (χ1v) is 5.72. The van der Waals surface area contributed by atoms with E-state index < -0.39 is 0 Å². The molecule has 0 aliphatic rings. The number of nitrogens with one attached hydrogen (secondary N) is 1. The highest BCUT2D eigenvalue weighted by atomic mass is 19.1. The van der Waals surface area contributed by atoms with Crippen LogP contribution in [0.4, 0.5) is 4.39 Å². The summed E-state index contributed by atoms with van der Waals surface area (Å²) in [5.41, 5.74) is 1.73. The van der Waals surface area contributed by atoms with Crippen molar-refractivity contribution >= 4 is 0 Å². The van der Waals surface area contributed by atoms with Crippen molar-refractivity contribution in [1.29, 1.82) is 0 Å². The number of benzene rings is 1. The molecule has 0 bridgehead atoms. The molecule has 0 saturated heterocycles. The van der Waals surface area contributed by atoms with Crippen LogP contribution >= 0.6 is 0 Å². The summed E-state index contributed by atoms with van der Waals surface area (Å²) in [6.07, 6.45) is 1.63. The number of aryl methyl sites for hydroxylation is 1. The molecule has 0 aliphatic carbocycles. The van der Waals surface area contributed by atoms with Gasteiger partial charge in [-0.1, -0.05) is 0 Å². The van der Waals surface area contributed by atoms with Crippen LogP contribution in [0.5, 0.6) is 5.75 Å². The minimum atomic E-state index is -0.296. The Morgan fingerprint density at radius 3 is 2.67 bits per heavy atom. The van der Waals surface area contributed by atoms with Gasteiger partial charge < -0.3 is 14.5 Å². The molecule has 3 nitrogen and oxygen atoms in total. The molecule has 1 atom stereocenters. The van der Waals surface area contributed by atoms with E-state index in [0.717, 1.165) is 16.9 Å². The van der Waals surface area contributed by atoms with Crippen molar-refractivity contribution in [2.75, 3.05) is 14.2 Å². The molecule has 1 unspecified atom stereocenters. The minimum Gasteiger partial charge on any atom is -0.496 e. The molecule has 0 aliphatic heterocycles. The number of hydrogen-bond acceptors (Lipinski definition) is 3. The summed E-state index contributed by atoms with van der Waals surface area (Å²) in [6.45, 7) is 1.95. The fraction of sp³-hybridized carbons (Fsp3) is 0.286. The van der Waals surface area contributed by atoms with Crippen molar-refractivity contribution in [2.24, 2.45) is 0 Å². The maximum atomic E-state index is 13.4. The second kappa shape index (κ2) is 5.23. The van der Waals surface area contributed by atoms with Crippen molar-refractivity contribution in [3.05, 3.63) is 53.2 Å². The summed E-state index contributed by atoms with van der Waals surface area (Å²) in [6, 6.07) is 6.11. The van der Waals surface area contributed by atoms with Gasteiger partial charge in [-0.15, -0.1) is 0 Å². The van der Waals surface area contributed by atoms with Crippen LogP contribution in [0.2, 0.25) is 0 Å². The first kappa shape index (κ1) is 12.6. The molecule has 96 valence electrons. The molecule has 2 aromatic rings. The van der Waals surface area contributed by atoms with Crippen LogP contribution in [0.25, 0.3) is 0 Å². The molecular formula is C14H16FNO2. The fourth-order valence-corrected chi connectivity index (χ4v) is 2.04. The molecule has 0 amide bonds. The zero-order valence-electron chi connectivity index (χ0n) is 10.7. The maximum absolute atomic E-state index is 13.4. The van der Waals surface area contributed by atoms with Gasteiger partial charge in [0.1, 0.15) is 17.3 Å². The maximum Gasteiger partial charge on any atom is 0.128 e. The van der Waals surface area contributed by atoms with E-state index in [1.807, 2.05) is 13.0 Å². The molecule has 1 N–H and O–H groups in total. The van der Waals surface area contributed by atoms with Gasteiger partial charge in [0.15, 0.2) is 0 Å². The van der Waals surface area contributed by atoms with Crippen molar-refractivity contribution in [1.82, 2.24) is 5.32 Å². The van der Waals surface area contributed by atoms with Gasteiger partial charge in [0, 0.05) is 5.56 Å². The largest absolute Gasteiger partial charge is 0.496 e. The van der Waals surface area contributed by atoms with Gasteiger partial charge in [0.2, 0.25) is 0 Å². The third kappa shape index (κ3) is 2.24. The average Bonchev–Trinajstić information content (AvgIpc) is 2.77. The van der Waals surface area contributed by atoms with Crippen LogP contribution in [0.15, 0.2) is 34.9 Å². The smallest absolute Gasteiger partial charge is 0.128 e. The predicted octanol–water partition coefficient (Wildman–Crippen LogP) is 3.04. The normalized spacial score (nSPS) is 12.4. The fourth-order valence-electron chi connectivity index (χ4n) is 2.04. The first-order valence-electron chi connectivity index (χ1n) is 5.72. The monoisotopic (exact) mass is 249 g/mol. The topological polar surface area (TPSA) is 34.4 Å². The Balaban J connectivity index is 2.51. The first-order chi connectivity index (χ1) is 8.67. The molecule has 18 heavy (non-hydrogen) atoms. The van der Waals surface area contributed by atoms with Crippen LogP contribution in [-0.2, 0) is 0 Å². The Morgan fingerprint density at radius 2 is 2.11 bits per heavy atom. The quantitative estimate of drug-likeness (QED) is 0.904. The molecule has 1 heterocycles. The lowest BCUT2D eigenvalue weighted by Crippen LogP contribution is -2.18. The summed E-state index contributed by atoms with van der Waals surface area (Å²) < 4.78 is 24.2. The van der Waals surface area contributed by atoms with Crippen LogP contribution in [0.3, 0.4) is 0 Å². The summed E-state index contributed by atoms with van der Waals surface area (Å²) in [5.74, 6) is 1.10. The van der Waals surface area contributed by atoms with E-state index in [1.165, 1.54) is 12.1 Å². The Kier molecular flexibility index (Phi) is 3.67. The van der Waals surface area contributed by atoms with E-state index in [4.69, 9.17) is 9.15 Å². The van der Waals surface area contributed by atoms with Crippen LogP contribution in [0, 0.1) is 12.7 Å². The van der Waals surface area contributed by atoms with Crippen molar-refractivity contribution in [3.8, 4) is 5.75 Å². The van der Waals surface area contributed by atoms with Gasteiger partial charge in [-0.05, 0) is 43.8 Å². The summed E-state index contributed by atoms with van der Waals surface area (Å²) in [4.78, 5) is 0. The van der Waals surface area contributed by atoms with Crippen molar-refractivity contribution in [2.45, 2.75) is 13.0 Å². The van der Waals surface area contributed by atoms with Gasteiger partial charge in [-0.3, -0.25) is 0 Å². The molecule has 1 aromatic heterocycles. The third-order valence-electron chi connectivity index (χ3n) is 2.96. The molecule has 4 heteroatoms. The van der Waals surface area contributed by atoms with Gasteiger partial charge in [-0.25, -0.2) is 4.39 Å². The molecule has 1 aromatic carbocycles. The van der Waals surface area contributed by atoms with Crippen LogP contribution < -0.4 is 10.1 Å². The average molecular weight is 249 g/mol. The second-order valence-corrected chi connectivity index (χ2v) is 4.08. The van der Waals surface area contributed by atoms with Crippen molar-refractivity contribution in [3.63, 3.8) is 0 Å². The van der Waals surface area contributed by atoms with E-state index in [0.29, 0.717) is 5.75 Å². The lowest BCUT2D eigenvalue weighted by Gasteiger charge is -2.18. The van der Waals surface area contributed by atoms with Gasteiger partial charge in [-0.2, -0.15) is 0 Å². The van der Waals surface area contributed by atoms with E-state index in [9.17, 15) is 4.39 Å². The number of hydrogen-bond donors (Lipinski definition) is 1. The number of halogens is 1. The zero-order chi connectivity index (χ0) is 13.1. The lowest BCUT2D eigenvalue weighted by atomic mass is 10.0. The molecule has 0 saturated carbocycles. The highest BCUT2D eigenvalue weighted by molar-refractivity contribution is 5.41. The third-order valence-corrected chi connectivity index (χ3v) is 2.96.